The lowest BCUT2D eigenvalue weighted by Gasteiger charge is -2.48. The van der Waals surface area contributed by atoms with Gasteiger partial charge in [0.15, 0.2) is 21.4 Å². The maximum absolute atomic E-state index is 15.2. The molecule has 0 bridgehead atoms. The molecule has 4 saturated carbocycles. The van der Waals surface area contributed by atoms with Crippen molar-refractivity contribution in [3.63, 3.8) is 0 Å². The topological polar surface area (TPSA) is 126 Å². The average molecular weight is 772 g/mol. The van der Waals surface area contributed by atoms with Crippen LogP contribution in [0.15, 0.2) is 12.7 Å². The fourth-order valence-corrected chi connectivity index (χ4v) is 13.1. The van der Waals surface area contributed by atoms with E-state index in [0.29, 0.717) is 25.3 Å². The van der Waals surface area contributed by atoms with Gasteiger partial charge in [-0.25, -0.2) is 8.42 Å². The number of hydrogen-bond donors (Lipinski definition) is 1. The number of hydrogen-bond acceptors (Lipinski definition) is 7. The van der Waals surface area contributed by atoms with Gasteiger partial charge in [0, 0.05) is 32.2 Å². The molecule has 0 aromatic carbocycles. The highest BCUT2D eigenvalue weighted by Gasteiger charge is 2.69. The first-order valence-electron chi connectivity index (χ1n) is 21.5. The standard InChI is InChI=1S/C45H73NO7S/c1-10-11-18-36(48)40(50)32(23-31-19-20-31)24-37(49)39-38-35(43(38,7)8)27-46(39)41(51)34(44(9)21-13-12-14-22-44)25-33(47)26-45(28-54(52,53)42(4,5)6)29(2)16-15-17-30(45)3/h10,29-32,34-35,38-40,50H,1,11-28H2,2-9H3/t29-,30+,32?,34-,35+,38+,39-,40?,45?/m1/s1. The Balaban J connectivity index is 1.43. The molecule has 1 N–H and O–H groups in total. The quantitative estimate of drug-likeness (QED) is 0.139. The monoisotopic (exact) mass is 772 g/mol. The van der Waals surface area contributed by atoms with Crippen molar-refractivity contribution in [3.05, 3.63) is 12.7 Å². The van der Waals surface area contributed by atoms with Crippen LogP contribution in [0.5, 0.6) is 0 Å². The molecule has 4 aliphatic carbocycles. The number of Topliss-reactive ketones (excluding diaryl/α,β-unsaturated/α-hetero) is 3. The van der Waals surface area contributed by atoms with Gasteiger partial charge in [-0.1, -0.05) is 92.1 Å². The largest absolute Gasteiger partial charge is 0.385 e. The molecule has 5 aliphatic rings. The van der Waals surface area contributed by atoms with E-state index in [1.54, 1.807) is 26.8 Å². The van der Waals surface area contributed by atoms with Crippen molar-refractivity contribution in [2.24, 2.45) is 57.7 Å². The zero-order valence-corrected chi connectivity index (χ0v) is 35.8. The molecule has 5 rings (SSSR count). The number of carbonyl (C=O) groups is 4. The number of aliphatic hydroxyl groups is 1. The second kappa shape index (κ2) is 16.2. The molecule has 0 aromatic heterocycles. The summed E-state index contributed by atoms with van der Waals surface area (Å²) in [7, 11) is -3.53. The lowest BCUT2D eigenvalue weighted by molar-refractivity contribution is -0.150. The van der Waals surface area contributed by atoms with Crippen molar-refractivity contribution in [2.75, 3.05) is 12.3 Å². The van der Waals surface area contributed by atoms with Gasteiger partial charge in [-0.3, -0.25) is 19.2 Å². The summed E-state index contributed by atoms with van der Waals surface area (Å²) in [5.41, 5.74) is -1.20. The van der Waals surface area contributed by atoms with Crippen molar-refractivity contribution >= 4 is 33.1 Å². The van der Waals surface area contributed by atoms with Gasteiger partial charge in [-0.2, -0.15) is 0 Å². The average Bonchev–Trinajstić information content (AvgIpc) is 3.94. The van der Waals surface area contributed by atoms with Gasteiger partial charge in [0.25, 0.3) is 0 Å². The zero-order chi connectivity index (χ0) is 40.0. The maximum atomic E-state index is 15.2. The number of likely N-dealkylation sites (tertiary alicyclic amines) is 1. The number of allylic oxidation sites excluding steroid dienone is 1. The third kappa shape index (κ3) is 8.82. The van der Waals surface area contributed by atoms with E-state index in [2.05, 4.69) is 41.2 Å². The third-order valence-electron chi connectivity index (χ3n) is 15.7. The molecule has 9 atom stereocenters. The highest BCUT2D eigenvalue weighted by Crippen LogP contribution is 2.66. The van der Waals surface area contributed by atoms with Crippen molar-refractivity contribution in [1.29, 1.82) is 0 Å². The summed E-state index contributed by atoms with van der Waals surface area (Å²) in [6.07, 6.45) is 11.6. The summed E-state index contributed by atoms with van der Waals surface area (Å²) < 4.78 is 26.7. The van der Waals surface area contributed by atoms with E-state index >= 15 is 4.79 Å². The molecule has 5 fully saturated rings. The van der Waals surface area contributed by atoms with Crippen LogP contribution in [0, 0.1) is 57.7 Å². The fraction of sp³-hybridized carbons (Fsp3) is 0.867. The first-order valence-corrected chi connectivity index (χ1v) is 23.1. The molecule has 306 valence electrons. The number of fused-ring (bicyclic) bond motifs is 1. The zero-order valence-electron chi connectivity index (χ0n) is 35.0. The van der Waals surface area contributed by atoms with E-state index in [1.807, 2.05) is 4.90 Å². The number of nitrogens with zero attached hydrogens (tertiary/aromatic N) is 1. The lowest BCUT2D eigenvalue weighted by atomic mass is 9.59. The minimum absolute atomic E-state index is 0.00876. The Morgan fingerprint density at radius 2 is 1.54 bits per heavy atom. The lowest BCUT2D eigenvalue weighted by Crippen LogP contribution is -2.52. The third-order valence-corrected chi connectivity index (χ3v) is 18.5. The van der Waals surface area contributed by atoms with Crippen LogP contribution < -0.4 is 0 Å². The van der Waals surface area contributed by atoms with E-state index in [1.165, 1.54) is 0 Å². The Labute approximate surface area is 327 Å². The van der Waals surface area contributed by atoms with Gasteiger partial charge < -0.3 is 10.0 Å². The summed E-state index contributed by atoms with van der Waals surface area (Å²) in [5, 5.41) is 11.2. The first-order chi connectivity index (χ1) is 25.1. The van der Waals surface area contributed by atoms with Crippen LogP contribution in [0.25, 0.3) is 0 Å². The van der Waals surface area contributed by atoms with E-state index in [-0.39, 0.29) is 83.8 Å². The highest BCUT2D eigenvalue weighted by molar-refractivity contribution is 7.92. The van der Waals surface area contributed by atoms with E-state index in [0.717, 1.165) is 64.2 Å². The summed E-state index contributed by atoms with van der Waals surface area (Å²) in [4.78, 5) is 59.2. The summed E-state index contributed by atoms with van der Waals surface area (Å²) in [6.45, 7) is 20.1. The number of amides is 1. The SMILES string of the molecule is C=CCCC(=O)C(O)C(CC(=O)[C@@H]1[C@@H]2[C@H](CN1C(=O)[C@@H](CC(=O)CC1(CS(=O)(=O)C(C)(C)C)[C@H](C)CCC[C@@H]1C)C1(C)CCCCC1)C2(C)C)CC1CC1. The van der Waals surface area contributed by atoms with E-state index in [4.69, 9.17) is 0 Å². The molecule has 0 spiro atoms. The number of carbonyl (C=O) groups excluding carboxylic acids is 4. The second-order valence-corrected chi connectivity index (χ2v) is 23.5. The normalized spacial score (nSPS) is 32.2. The molecule has 1 saturated heterocycles. The van der Waals surface area contributed by atoms with Gasteiger partial charge in [-0.15, -0.1) is 6.58 Å². The molecule has 8 nitrogen and oxygen atoms in total. The number of aliphatic hydroxyl groups excluding tert-OH is 1. The molecule has 1 aliphatic heterocycles. The molecule has 0 aromatic rings. The van der Waals surface area contributed by atoms with Crippen molar-refractivity contribution in [2.45, 2.75) is 175 Å². The molecular formula is C45H73NO7S. The van der Waals surface area contributed by atoms with Gasteiger partial charge in [0.05, 0.1) is 22.5 Å². The number of sulfone groups is 1. The highest BCUT2D eigenvalue weighted by atomic mass is 32.2. The van der Waals surface area contributed by atoms with Gasteiger partial charge in [-0.05, 0) is 98.2 Å². The molecule has 54 heavy (non-hydrogen) atoms. The van der Waals surface area contributed by atoms with Crippen LogP contribution in [0.4, 0.5) is 0 Å². The van der Waals surface area contributed by atoms with E-state index < -0.39 is 49.4 Å². The summed E-state index contributed by atoms with van der Waals surface area (Å²) in [6, 6.07) is -0.638. The van der Waals surface area contributed by atoms with Crippen LogP contribution >= 0.6 is 0 Å². The van der Waals surface area contributed by atoms with Crippen molar-refractivity contribution in [3.8, 4) is 0 Å². The summed E-state index contributed by atoms with van der Waals surface area (Å²) >= 11 is 0. The second-order valence-electron chi connectivity index (χ2n) is 20.8. The van der Waals surface area contributed by atoms with Crippen LogP contribution in [-0.2, 0) is 29.0 Å². The van der Waals surface area contributed by atoms with Crippen LogP contribution in [-0.4, -0.2) is 70.9 Å². The van der Waals surface area contributed by atoms with Crippen LogP contribution in [0.3, 0.4) is 0 Å². The molecule has 9 heteroatoms. The maximum Gasteiger partial charge on any atom is 0.227 e. The van der Waals surface area contributed by atoms with Gasteiger partial charge >= 0.3 is 0 Å². The molecule has 1 amide bonds. The Kier molecular flexibility index (Phi) is 13.0. The minimum Gasteiger partial charge on any atom is -0.385 e. The van der Waals surface area contributed by atoms with Crippen LogP contribution in [0.1, 0.15) is 158 Å². The summed E-state index contributed by atoms with van der Waals surface area (Å²) in [5.74, 6) is -0.871. The fourth-order valence-electron chi connectivity index (χ4n) is 11.3. The van der Waals surface area contributed by atoms with Crippen molar-refractivity contribution < 1.29 is 32.7 Å². The minimum atomic E-state index is -3.53. The van der Waals surface area contributed by atoms with Gasteiger partial charge in [0.2, 0.25) is 5.91 Å². The van der Waals surface area contributed by atoms with Crippen LogP contribution in [0.2, 0.25) is 0 Å². The Hall–Kier alpha value is -1.87. The predicted octanol–water partition coefficient (Wildman–Crippen LogP) is 8.33. The Morgan fingerprint density at radius 3 is 2.09 bits per heavy atom. The smallest absolute Gasteiger partial charge is 0.227 e. The number of piperidine rings is 1. The Morgan fingerprint density at radius 1 is 0.926 bits per heavy atom. The molecule has 0 radical (unpaired) electrons. The Bertz CT molecular complexity index is 1520. The first kappa shape index (κ1) is 43.3. The van der Waals surface area contributed by atoms with E-state index in [9.17, 15) is 27.9 Å². The molecule has 1 heterocycles. The van der Waals surface area contributed by atoms with Gasteiger partial charge in [0.1, 0.15) is 11.9 Å². The molecule has 3 unspecified atom stereocenters. The number of rotatable bonds is 18. The molecular weight excluding hydrogens is 699 g/mol. The number of ketones is 3. The van der Waals surface area contributed by atoms with Crippen molar-refractivity contribution in [1.82, 2.24) is 4.90 Å². The predicted molar refractivity (Wildman–Crippen MR) is 214 cm³/mol.